The summed E-state index contributed by atoms with van der Waals surface area (Å²) in [4.78, 5) is 2.12. The summed E-state index contributed by atoms with van der Waals surface area (Å²) in [6.07, 6.45) is 2.56. The normalized spacial score (nSPS) is 17.2. The van der Waals surface area contributed by atoms with Crippen LogP contribution in [0, 0.1) is 0 Å². The van der Waals surface area contributed by atoms with Crippen LogP contribution in [0.4, 0.5) is 0 Å². The first-order chi connectivity index (χ1) is 3.80. The van der Waals surface area contributed by atoms with Gasteiger partial charge in [-0.1, -0.05) is 12.2 Å². The molecular formula is C5H10KNS2. The Bertz CT molecular complexity index is 106. The Morgan fingerprint density at radius 2 is 1.89 bits per heavy atom. The third-order valence-electron chi connectivity index (χ3n) is 1.38. The van der Waals surface area contributed by atoms with Crippen LogP contribution in [0.3, 0.4) is 0 Å². The van der Waals surface area contributed by atoms with Crippen molar-refractivity contribution in [2.24, 2.45) is 0 Å². The van der Waals surface area contributed by atoms with Crippen LogP contribution >= 0.6 is 24.8 Å². The standard InChI is InChI=1S/C5H9NS2.K.H/c7-5(8)6-3-1-2-4-6;;/h1-4H2,(H,7,8);;/q;+1;-1. The number of nitrogens with zero attached hydrogens (tertiary/aromatic N) is 1. The first kappa shape index (κ1) is 10.9. The third kappa shape index (κ3) is 3.70. The Hall–Kier alpha value is 1.88. The minimum absolute atomic E-state index is 0. The second-order valence-corrected chi connectivity index (χ2v) is 3.09. The summed E-state index contributed by atoms with van der Waals surface area (Å²) in [5.41, 5.74) is 0. The van der Waals surface area contributed by atoms with E-state index in [1.165, 1.54) is 12.8 Å². The molecule has 1 saturated heterocycles. The summed E-state index contributed by atoms with van der Waals surface area (Å²) in [6, 6.07) is 0. The maximum atomic E-state index is 4.85. The molecule has 0 aromatic rings. The molecule has 0 aromatic heterocycles. The van der Waals surface area contributed by atoms with Crippen molar-refractivity contribution < 1.29 is 52.8 Å². The number of rotatable bonds is 0. The molecule has 0 radical (unpaired) electrons. The van der Waals surface area contributed by atoms with Gasteiger partial charge >= 0.3 is 51.4 Å². The molecule has 1 nitrogen and oxygen atoms in total. The van der Waals surface area contributed by atoms with Crippen molar-refractivity contribution in [3.63, 3.8) is 0 Å². The second kappa shape index (κ2) is 5.52. The van der Waals surface area contributed by atoms with E-state index in [0.29, 0.717) is 0 Å². The van der Waals surface area contributed by atoms with E-state index >= 15 is 0 Å². The Balaban J connectivity index is 0. The van der Waals surface area contributed by atoms with Gasteiger partial charge in [-0.3, -0.25) is 0 Å². The van der Waals surface area contributed by atoms with Gasteiger partial charge in [-0.25, -0.2) is 0 Å². The Labute approximate surface area is 111 Å². The zero-order valence-corrected chi connectivity index (χ0v) is 10.5. The molecule has 1 rings (SSSR count). The number of hydrogen-bond donors (Lipinski definition) is 1. The molecule has 1 heterocycles. The Morgan fingerprint density at radius 1 is 1.44 bits per heavy atom. The average molecular weight is 187 g/mol. The van der Waals surface area contributed by atoms with Gasteiger partial charge in [-0.2, -0.15) is 0 Å². The van der Waals surface area contributed by atoms with E-state index in [9.17, 15) is 0 Å². The van der Waals surface area contributed by atoms with Gasteiger partial charge < -0.3 is 6.33 Å². The monoisotopic (exact) mass is 187 g/mol. The first-order valence-corrected chi connectivity index (χ1v) is 3.64. The molecular weight excluding hydrogens is 177 g/mol. The zero-order chi connectivity index (χ0) is 5.98. The van der Waals surface area contributed by atoms with Crippen LogP contribution in [0.25, 0.3) is 0 Å². The SMILES string of the molecule is S=C(S)N1CCCC1.[H-].[K+]. The van der Waals surface area contributed by atoms with Gasteiger partial charge in [0, 0.05) is 13.1 Å². The Kier molecular flexibility index (Phi) is 6.67. The molecule has 0 saturated carbocycles. The van der Waals surface area contributed by atoms with Gasteiger partial charge in [-0.15, -0.1) is 12.6 Å². The predicted octanol–water partition coefficient (Wildman–Crippen LogP) is -1.59. The molecule has 0 unspecified atom stereocenters. The van der Waals surface area contributed by atoms with Crippen LogP contribution in [0.1, 0.15) is 14.3 Å². The van der Waals surface area contributed by atoms with E-state index in [2.05, 4.69) is 17.5 Å². The molecule has 4 heteroatoms. The summed E-state index contributed by atoms with van der Waals surface area (Å²) in [7, 11) is 0. The summed E-state index contributed by atoms with van der Waals surface area (Å²) < 4.78 is 0.752. The molecule has 48 valence electrons. The van der Waals surface area contributed by atoms with Gasteiger partial charge in [0.15, 0.2) is 0 Å². The Morgan fingerprint density at radius 3 is 2.11 bits per heavy atom. The number of thiocarbonyl (C=S) groups is 1. The van der Waals surface area contributed by atoms with Crippen LogP contribution in [0.15, 0.2) is 0 Å². The maximum absolute atomic E-state index is 4.85. The maximum Gasteiger partial charge on any atom is 1.00 e. The average Bonchev–Trinajstić information content (AvgIpc) is 2.12. The quantitative estimate of drug-likeness (QED) is 0.277. The topological polar surface area (TPSA) is 3.24 Å². The minimum atomic E-state index is 0. The van der Waals surface area contributed by atoms with Gasteiger partial charge in [0.05, 0.1) is 0 Å². The van der Waals surface area contributed by atoms with Crippen molar-refractivity contribution in [1.82, 2.24) is 4.90 Å². The number of hydrogen-bond acceptors (Lipinski definition) is 1. The smallest absolute Gasteiger partial charge is 1.00 e. The van der Waals surface area contributed by atoms with Crippen LogP contribution < -0.4 is 51.4 Å². The molecule has 9 heavy (non-hydrogen) atoms. The van der Waals surface area contributed by atoms with Crippen LogP contribution in [-0.4, -0.2) is 22.3 Å². The van der Waals surface area contributed by atoms with Crippen molar-refractivity contribution in [2.75, 3.05) is 13.1 Å². The summed E-state index contributed by atoms with van der Waals surface area (Å²) >= 11 is 8.90. The largest absolute Gasteiger partial charge is 1.00 e. The minimum Gasteiger partial charge on any atom is -1.00 e. The van der Waals surface area contributed by atoms with E-state index in [1.54, 1.807) is 0 Å². The van der Waals surface area contributed by atoms with E-state index in [1.807, 2.05) is 0 Å². The molecule has 1 aliphatic rings. The van der Waals surface area contributed by atoms with Gasteiger partial charge in [0.1, 0.15) is 4.32 Å². The second-order valence-electron chi connectivity index (χ2n) is 1.98. The van der Waals surface area contributed by atoms with Gasteiger partial charge in [-0.05, 0) is 12.8 Å². The van der Waals surface area contributed by atoms with E-state index in [0.717, 1.165) is 17.4 Å². The van der Waals surface area contributed by atoms with Crippen molar-refractivity contribution in [3.05, 3.63) is 0 Å². The van der Waals surface area contributed by atoms with Gasteiger partial charge in [0.2, 0.25) is 0 Å². The fourth-order valence-electron chi connectivity index (χ4n) is 0.908. The summed E-state index contributed by atoms with van der Waals surface area (Å²) in [6.45, 7) is 2.23. The fourth-order valence-corrected chi connectivity index (χ4v) is 1.29. The molecule has 0 bridgehead atoms. The van der Waals surface area contributed by atoms with Crippen molar-refractivity contribution >= 4 is 29.2 Å². The first-order valence-electron chi connectivity index (χ1n) is 2.78. The summed E-state index contributed by atoms with van der Waals surface area (Å²) in [5, 5.41) is 0. The third-order valence-corrected chi connectivity index (χ3v) is 1.92. The fraction of sp³-hybridized carbons (Fsp3) is 0.800. The molecule has 0 N–H and O–H groups in total. The summed E-state index contributed by atoms with van der Waals surface area (Å²) in [5.74, 6) is 0. The number of likely N-dealkylation sites (tertiary alicyclic amines) is 1. The molecule has 0 aromatic carbocycles. The van der Waals surface area contributed by atoms with Crippen molar-refractivity contribution in [1.29, 1.82) is 0 Å². The predicted molar refractivity (Wildman–Crippen MR) is 43.5 cm³/mol. The van der Waals surface area contributed by atoms with Crippen LogP contribution in [0.2, 0.25) is 0 Å². The van der Waals surface area contributed by atoms with Crippen molar-refractivity contribution in [2.45, 2.75) is 12.8 Å². The molecule has 1 aliphatic heterocycles. The molecule has 0 amide bonds. The molecule has 0 aliphatic carbocycles. The van der Waals surface area contributed by atoms with Crippen LogP contribution in [-0.2, 0) is 0 Å². The number of thiol groups is 1. The molecule has 1 fully saturated rings. The van der Waals surface area contributed by atoms with Crippen molar-refractivity contribution in [3.8, 4) is 0 Å². The zero-order valence-electron chi connectivity index (χ0n) is 6.63. The molecule has 0 spiro atoms. The van der Waals surface area contributed by atoms with Crippen LogP contribution in [0.5, 0.6) is 0 Å². The van der Waals surface area contributed by atoms with E-state index in [-0.39, 0.29) is 52.8 Å². The van der Waals surface area contributed by atoms with Gasteiger partial charge in [0.25, 0.3) is 0 Å². The van der Waals surface area contributed by atoms with E-state index in [4.69, 9.17) is 12.2 Å². The molecule has 0 atom stereocenters. The van der Waals surface area contributed by atoms with E-state index < -0.39 is 0 Å².